The molecule has 0 fully saturated rings. The molecule has 13 heavy (non-hydrogen) atoms. The van der Waals surface area contributed by atoms with Crippen molar-refractivity contribution < 1.29 is 4.74 Å². The van der Waals surface area contributed by atoms with E-state index in [1.54, 1.807) is 6.07 Å². The molecule has 1 rings (SSSR count). The van der Waals surface area contributed by atoms with Crippen LogP contribution in [-0.4, -0.2) is 12.6 Å². The number of aryl methyl sites for hydroxylation is 1. The molecule has 1 aromatic rings. The van der Waals surface area contributed by atoms with E-state index in [0.717, 1.165) is 11.3 Å². The van der Waals surface area contributed by atoms with Crippen molar-refractivity contribution in [3.05, 3.63) is 28.8 Å². The Kier molecular flexibility index (Phi) is 3.58. The number of halogens is 1. The zero-order valence-electron chi connectivity index (χ0n) is 7.88. The minimum Gasteiger partial charge on any atom is -0.492 e. The summed E-state index contributed by atoms with van der Waals surface area (Å²) in [5, 5.41) is 0.694. The molecule has 0 aliphatic carbocycles. The molecule has 1 unspecified atom stereocenters. The lowest BCUT2D eigenvalue weighted by Gasteiger charge is -2.09. The molecule has 0 aliphatic heterocycles. The molecular weight excluding hydrogens is 186 g/mol. The Morgan fingerprint density at radius 1 is 1.46 bits per heavy atom. The third-order valence-corrected chi connectivity index (χ3v) is 1.75. The fourth-order valence-electron chi connectivity index (χ4n) is 1.01. The van der Waals surface area contributed by atoms with Gasteiger partial charge in [-0.25, -0.2) is 0 Å². The van der Waals surface area contributed by atoms with Gasteiger partial charge in [0.2, 0.25) is 0 Å². The first-order valence-electron chi connectivity index (χ1n) is 4.23. The highest BCUT2D eigenvalue weighted by molar-refractivity contribution is 6.30. The molecule has 0 aromatic heterocycles. The van der Waals surface area contributed by atoms with Crippen LogP contribution in [0.4, 0.5) is 0 Å². The van der Waals surface area contributed by atoms with Crippen LogP contribution in [-0.2, 0) is 0 Å². The monoisotopic (exact) mass is 199 g/mol. The van der Waals surface area contributed by atoms with Crippen molar-refractivity contribution in [2.24, 2.45) is 5.73 Å². The van der Waals surface area contributed by atoms with Crippen LogP contribution in [0.3, 0.4) is 0 Å². The zero-order valence-corrected chi connectivity index (χ0v) is 8.64. The van der Waals surface area contributed by atoms with Crippen LogP contribution in [0.5, 0.6) is 5.75 Å². The first kappa shape index (κ1) is 10.4. The van der Waals surface area contributed by atoms with E-state index < -0.39 is 0 Å². The van der Waals surface area contributed by atoms with Gasteiger partial charge in [-0.05, 0) is 37.6 Å². The molecule has 0 spiro atoms. The molecule has 72 valence electrons. The number of hydrogen-bond donors (Lipinski definition) is 1. The fraction of sp³-hybridized carbons (Fsp3) is 0.400. The number of ether oxygens (including phenoxy) is 1. The third-order valence-electron chi connectivity index (χ3n) is 1.53. The maximum absolute atomic E-state index is 5.85. The van der Waals surface area contributed by atoms with Gasteiger partial charge >= 0.3 is 0 Å². The van der Waals surface area contributed by atoms with E-state index in [2.05, 4.69) is 0 Å². The normalized spacial score (nSPS) is 12.6. The molecule has 0 saturated carbocycles. The Labute approximate surface area is 83.6 Å². The van der Waals surface area contributed by atoms with Crippen molar-refractivity contribution in [3.8, 4) is 5.75 Å². The first-order valence-corrected chi connectivity index (χ1v) is 4.61. The van der Waals surface area contributed by atoms with Gasteiger partial charge in [0.25, 0.3) is 0 Å². The Hall–Kier alpha value is -0.730. The third kappa shape index (κ3) is 3.66. The van der Waals surface area contributed by atoms with Crippen molar-refractivity contribution in [2.45, 2.75) is 19.9 Å². The van der Waals surface area contributed by atoms with Crippen molar-refractivity contribution in [2.75, 3.05) is 6.61 Å². The van der Waals surface area contributed by atoms with Crippen LogP contribution in [0, 0.1) is 6.92 Å². The second kappa shape index (κ2) is 4.49. The molecule has 0 radical (unpaired) electrons. The number of nitrogens with two attached hydrogens (primary N) is 1. The van der Waals surface area contributed by atoms with Gasteiger partial charge in [0.1, 0.15) is 12.4 Å². The van der Waals surface area contributed by atoms with Gasteiger partial charge in [0, 0.05) is 11.1 Å². The predicted molar refractivity (Wildman–Crippen MR) is 55.3 cm³/mol. The smallest absolute Gasteiger partial charge is 0.121 e. The van der Waals surface area contributed by atoms with Crippen molar-refractivity contribution in [1.29, 1.82) is 0 Å². The lowest BCUT2D eigenvalue weighted by Crippen LogP contribution is -2.23. The standard InChI is InChI=1S/C10H14ClNO/c1-7-3-9(11)5-10(4-7)13-6-8(2)12/h3-5,8H,6,12H2,1-2H3. The highest BCUT2D eigenvalue weighted by atomic mass is 35.5. The predicted octanol–water partition coefficient (Wildman–Crippen LogP) is 2.37. The Balaban J connectivity index is 2.66. The van der Waals surface area contributed by atoms with Crippen LogP contribution in [0.25, 0.3) is 0 Å². The molecule has 0 amide bonds. The lowest BCUT2D eigenvalue weighted by molar-refractivity contribution is 0.296. The second-order valence-corrected chi connectivity index (χ2v) is 3.69. The van der Waals surface area contributed by atoms with Crippen LogP contribution >= 0.6 is 11.6 Å². The van der Waals surface area contributed by atoms with Crippen LogP contribution < -0.4 is 10.5 Å². The maximum Gasteiger partial charge on any atom is 0.121 e. The van der Waals surface area contributed by atoms with Crippen molar-refractivity contribution in [1.82, 2.24) is 0 Å². The van der Waals surface area contributed by atoms with E-state index in [0.29, 0.717) is 11.6 Å². The van der Waals surface area contributed by atoms with Gasteiger partial charge in [-0.1, -0.05) is 11.6 Å². The molecule has 0 saturated heterocycles. The molecule has 0 heterocycles. The molecule has 3 heteroatoms. The van der Waals surface area contributed by atoms with E-state index >= 15 is 0 Å². The summed E-state index contributed by atoms with van der Waals surface area (Å²) in [5.74, 6) is 0.780. The summed E-state index contributed by atoms with van der Waals surface area (Å²) in [6, 6.07) is 5.66. The minimum atomic E-state index is 0.0410. The van der Waals surface area contributed by atoms with E-state index in [4.69, 9.17) is 22.1 Å². The first-order chi connectivity index (χ1) is 6.08. The van der Waals surface area contributed by atoms with Gasteiger partial charge in [-0.15, -0.1) is 0 Å². The summed E-state index contributed by atoms with van der Waals surface area (Å²) in [6.45, 7) is 4.39. The Morgan fingerprint density at radius 2 is 2.15 bits per heavy atom. The quantitative estimate of drug-likeness (QED) is 0.812. The van der Waals surface area contributed by atoms with Gasteiger partial charge in [-0.2, -0.15) is 0 Å². The van der Waals surface area contributed by atoms with Gasteiger partial charge in [-0.3, -0.25) is 0 Å². The second-order valence-electron chi connectivity index (χ2n) is 3.25. The fourth-order valence-corrected chi connectivity index (χ4v) is 1.29. The summed E-state index contributed by atoms with van der Waals surface area (Å²) in [5.41, 5.74) is 6.65. The number of hydrogen-bond acceptors (Lipinski definition) is 2. The average Bonchev–Trinajstić information content (AvgIpc) is 1.99. The van der Waals surface area contributed by atoms with E-state index in [-0.39, 0.29) is 6.04 Å². The van der Waals surface area contributed by atoms with E-state index in [1.807, 2.05) is 26.0 Å². The molecule has 1 aromatic carbocycles. The molecule has 1 atom stereocenters. The average molecular weight is 200 g/mol. The topological polar surface area (TPSA) is 35.2 Å². The summed E-state index contributed by atoms with van der Waals surface area (Å²) >= 11 is 5.85. The highest BCUT2D eigenvalue weighted by Gasteiger charge is 1.99. The maximum atomic E-state index is 5.85. The summed E-state index contributed by atoms with van der Waals surface area (Å²) < 4.78 is 5.42. The Bertz CT molecular complexity index is 266. The lowest BCUT2D eigenvalue weighted by atomic mass is 10.2. The van der Waals surface area contributed by atoms with Gasteiger partial charge in [0.15, 0.2) is 0 Å². The minimum absolute atomic E-state index is 0.0410. The largest absolute Gasteiger partial charge is 0.492 e. The summed E-state index contributed by atoms with van der Waals surface area (Å²) in [6.07, 6.45) is 0. The Morgan fingerprint density at radius 3 is 2.69 bits per heavy atom. The van der Waals surface area contributed by atoms with Gasteiger partial charge < -0.3 is 10.5 Å². The van der Waals surface area contributed by atoms with E-state index in [9.17, 15) is 0 Å². The molecular formula is C10H14ClNO. The van der Waals surface area contributed by atoms with Gasteiger partial charge in [0.05, 0.1) is 0 Å². The zero-order chi connectivity index (χ0) is 9.84. The number of rotatable bonds is 3. The highest BCUT2D eigenvalue weighted by Crippen LogP contribution is 2.20. The van der Waals surface area contributed by atoms with Crippen LogP contribution in [0.2, 0.25) is 5.02 Å². The summed E-state index contributed by atoms with van der Waals surface area (Å²) in [4.78, 5) is 0. The van der Waals surface area contributed by atoms with Crippen molar-refractivity contribution in [3.63, 3.8) is 0 Å². The molecule has 0 aliphatic rings. The van der Waals surface area contributed by atoms with Crippen LogP contribution in [0.1, 0.15) is 12.5 Å². The SMILES string of the molecule is Cc1cc(Cl)cc(OCC(C)N)c1. The molecule has 2 N–H and O–H groups in total. The number of benzene rings is 1. The molecule has 2 nitrogen and oxygen atoms in total. The van der Waals surface area contributed by atoms with Crippen LogP contribution in [0.15, 0.2) is 18.2 Å². The summed E-state index contributed by atoms with van der Waals surface area (Å²) in [7, 11) is 0. The molecule has 0 bridgehead atoms. The van der Waals surface area contributed by atoms with E-state index in [1.165, 1.54) is 0 Å². The van der Waals surface area contributed by atoms with Crippen molar-refractivity contribution >= 4 is 11.6 Å².